The van der Waals surface area contributed by atoms with Gasteiger partial charge < -0.3 is 15.5 Å². The van der Waals surface area contributed by atoms with Crippen molar-refractivity contribution in [1.82, 2.24) is 15.5 Å². The third kappa shape index (κ3) is 9.41. The molecule has 0 bridgehead atoms. The summed E-state index contributed by atoms with van der Waals surface area (Å²) in [6.07, 6.45) is 1.71. The van der Waals surface area contributed by atoms with E-state index >= 15 is 0 Å². The van der Waals surface area contributed by atoms with E-state index in [0.29, 0.717) is 12.5 Å². The average Bonchev–Trinajstić information content (AvgIpc) is 2.66. The fourth-order valence-corrected chi connectivity index (χ4v) is 2.66. The lowest BCUT2D eigenvalue weighted by molar-refractivity contribution is -0.127. The Bertz CT molecular complexity index is 753. The molecule has 5 nitrogen and oxygen atoms in total. The van der Waals surface area contributed by atoms with Gasteiger partial charge in [-0.05, 0) is 36.1 Å². The van der Waals surface area contributed by atoms with Gasteiger partial charge in [0.2, 0.25) is 5.91 Å². The second kappa shape index (κ2) is 13.4. The minimum atomic E-state index is -0.0333. The molecule has 0 atom stereocenters. The van der Waals surface area contributed by atoms with Crippen molar-refractivity contribution in [3.63, 3.8) is 0 Å². The summed E-state index contributed by atoms with van der Waals surface area (Å²) in [4.78, 5) is 17.8. The normalized spacial score (nSPS) is 10.8. The highest BCUT2D eigenvalue weighted by Crippen LogP contribution is 2.10. The number of guanidine groups is 1. The molecule has 0 aliphatic heterocycles. The molecule has 0 saturated carbocycles. The maximum atomic E-state index is 11.8. The van der Waals surface area contributed by atoms with Crippen LogP contribution < -0.4 is 10.6 Å². The van der Waals surface area contributed by atoms with E-state index in [1.54, 1.807) is 14.1 Å². The molecule has 1 amide bonds. The fourth-order valence-electron chi connectivity index (χ4n) is 2.45. The maximum absolute atomic E-state index is 11.8. The molecule has 2 N–H and O–H groups in total. The van der Waals surface area contributed by atoms with E-state index in [1.165, 1.54) is 10.5 Å². The van der Waals surface area contributed by atoms with Crippen LogP contribution in [0, 0.1) is 0 Å². The summed E-state index contributed by atoms with van der Waals surface area (Å²) in [5, 5.41) is 7.33. The number of carbonyl (C=O) groups is 1. The van der Waals surface area contributed by atoms with Crippen LogP contribution in [0.25, 0.3) is 0 Å². The largest absolute Gasteiger partial charge is 0.356 e. The molecule has 2 aromatic rings. The van der Waals surface area contributed by atoms with Gasteiger partial charge in [0.1, 0.15) is 6.54 Å². The van der Waals surface area contributed by atoms with Crippen LogP contribution in [0.2, 0.25) is 5.02 Å². The van der Waals surface area contributed by atoms with E-state index in [-0.39, 0.29) is 36.4 Å². The zero-order valence-corrected chi connectivity index (χ0v) is 19.4. The molecule has 0 spiro atoms. The van der Waals surface area contributed by atoms with Crippen LogP contribution in [0.15, 0.2) is 59.6 Å². The lowest BCUT2D eigenvalue weighted by atomic mass is 10.1. The number of aliphatic imine (C=N–C) groups is 1. The van der Waals surface area contributed by atoms with Gasteiger partial charge in [-0.25, -0.2) is 4.99 Å². The number of halogens is 2. The Balaban J connectivity index is 0.00000392. The van der Waals surface area contributed by atoms with Gasteiger partial charge in [0.25, 0.3) is 0 Å². The van der Waals surface area contributed by atoms with Gasteiger partial charge in [-0.15, -0.1) is 24.0 Å². The van der Waals surface area contributed by atoms with Gasteiger partial charge in [-0.1, -0.05) is 54.1 Å². The molecule has 7 heteroatoms. The summed E-state index contributed by atoms with van der Waals surface area (Å²) in [7, 11) is 3.46. The van der Waals surface area contributed by atoms with Crippen molar-refractivity contribution in [2.45, 2.75) is 12.8 Å². The van der Waals surface area contributed by atoms with Gasteiger partial charge in [-0.3, -0.25) is 4.79 Å². The summed E-state index contributed by atoms with van der Waals surface area (Å²) >= 11 is 6.03. The van der Waals surface area contributed by atoms with Gasteiger partial charge in [-0.2, -0.15) is 0 Å². The van der Waals surface area contributed by atoms with Crippen molar-refractivity contribution in [2.75, 3.05) is 33.7 Å². The Kier molecular flexibility index (Phi) is 11.6. The van der Waals surface area contributed by atoms with Crippen LogP contribution in [0.5, 0.6) is 0 Å². The van der Waals surface area contributed by atoms with Crippen molar-refractivity contribution >= 4 is 47.4 Å². The van der Waals surface area contributed by atoms with Crippen molar-refractivity contribution in [3.05, 3.63) is 70.7 Å². The Morgan fingerprint density at radius 1 is 0.964 bits per heavy atom. The summed E-state index contributed by atoms with van der Waals surface area (Å²) in [6.45, 7) is 1.56. The predicted molar refractivity (Wildman–Crippen MR) is 128 cm³/mol. The van der Waals surface area contributed by atoms with E-state index in [2.05, 4.69) is 27.8 Å². The predicted octanol–water partition coefficient (Wildman–Crippen LogP) is 3.37. The molecular formula is C21H28ClIN4O. The number of likely N-dealkylation sites (N-methyl/N-ethyl adjacent to an activating group) is 1. The van der Waals surface area contributed by atoms with Crippen LogP contribution in [-0.2, 0) is 17.6 Å². The topological polar surface area (TPSA) is 56.7 Å². The number of hydrogen-bond acceptors (Lipinski definition) is 2. The zero-order valence-electron chi connectivity index (χ0n) is 16.3. The highest BCUT2D eigenvalue weighted by atomic mass is 127. The van der Waals surface area contributed by atoms with Gasteiger partial charge in [0.05, 0.1) is 0 Å². The van der Waals surface area contributed by atoms with Crippen molar-refractivity contribution in [2.24, 2.45) is 4.99 Å². The van der Waals surface area contributed by atoms with Crippen LogP contribution in [-0.4, -0.2) is 50.5 Å². The van der Waals surface area contributed by atoms with E-state index in [0.717, 1.165) is 30.0 Å². The van der Waals surface area contributed by atoms with Gasteiger partial charge >= 0.3 is 0 Å². The molecule has 0 heterocycles. The number of hydrogen-bond donors (Lipinski definition) is 2. The molecule has 152 valence electrons. The Labute approximate surface area is 189 Å². The van der Waals surface area contributed by atoms with Crippen LogP contribution in [0.1, 0.15) is 11.1 Å². The quantitative estimate of drug-likeness (QED) is 0.323. The SMILES string of the molecule is CN(C)C(=O)CN=C(NCCc1ccccc1)NCCc1cccc(Cl)c1.I. The Morgan fingerprint density at radius 3 is 2.18 bits per heavy atom. The highest BCUT2D eigenvalue weighted by Gasteiger charge is 2.05. The minimum absolute atomic E-state index is 0. The number of carbonyl (C=O) groups excluding carboxylic acids is 1. The maximum Gasteiger partial charge on any atom is 0.243 e. The summed E-state index contributed by atoms with van der Waals surface area (Å²) in [5.41, 5.74) is 2.41. The number of nitrogens with zero attached hydrogens (tertiary/aromatic N) is 2. The minimum Gasteiger partial charge on any atom is -0.356 e. The monoisotopic (exact) mass is 514 g/mol. The molecule has 0 radical (unpaired) electrons. The van der Waals surface area contributed by atoms with Crippen LogP contribution in [0.3, 0.4) is 0 Å². The number of benzene rings is 2. The van der Waals surface area contributed by atoms with E-state index < -0.39 is 0 Å². The molecule has 0 aliphatic carbocycles. The molecule has 0 fully saturated rings. The van der Waals surface area contributed by atoms with Gasteiger partial charge in [0, 0.05) is 32.2 Å². The zero-order chi connectivity index (χ0) is 19.5. The first-order valence-electron chi connectivity index (χ1n) is 9.05. The van der Waals surface area contributed by atoms with Crippen molar-refractivity contribution in [3.8, 4) is 0 Å². The Morgan fingerprint density at radius 2 is 1.57 bits per heavy atom. The molecule has 2 aromatic carbocycles. The number of rotatable bonds is 8. The summed E-state index contributed by atoms with van der Waals surface area (Å²) < 4.78 is 0. The average molecular weight is 515 g/mol. The van der Waals surface area contributed by atoms with E-state index in [9.17, 15) is 4.79 Å². The molecule has 28 heavy (non-hydrogen) atoms. The molecule has 0 saturated heterocycles. The van der Waals surface area contributed by atoms with Crippen LogP contribution in [0.4, 0.5) is 0 Å². The third-order valence-electron chi connectivity index (χ3n) is 4.02. The third-order valence-corrected chi connectivity index (χ3v) is 4.25. The second-order valence-electron chi connectivity index (χ2n) is 6.42. The lowest BCUT2D eigenvalue weighted by Gasteiger charge is -2.14. The summed E-state index contributed by atoms with van der Waals surface area (Å²) in [6, 6.07) is 18.1. The molecular weight excluding hydrogens is 487 g/mol. The van der Waals surface area contributed by atoms with Crippen LogP contribution >= 0.6 is 35.6 Å². The molecule has 0 aromatic heterocycles. The molecule has 0 unspecified atom stereocenters. The van der Waals surface area contributed by atoms with E-state index in [4.69, 9.17) is 11.6 Å². The first kappa shape index (κ1) is 24.2. The molecule has 2 rings (SSSR count). The lowest BCUT2D eigenvalue weighted by Crippen LogP contribution is -2.40. The first-order chi connectivity index (χ1) is 13.0. The smallest absolute Gasteiger partial charge is 0.243 e. The first-order valence-corrected chi connectivity index (χ1v) is 9.43. The Hall–Kier alpha value is -1.80. The fraction of sp³-hybridized carbons (Fsp3) is 0.333. The standard InChI is InChI=1S/C21H27ClN4O.HI/c1-26(2)20(27)16-25-21(23-13-11-17-7-4-3-5-8-17)24-14-12-18-9-6-10-19(22)15-18;/h3-10,15H,11-14,16H2,1-2H3,(H2,23,24,25);1H. The second-order valence-corrected chi connectivity index (χ2v) is 6.86. The van der Waals surface area contributed by atoms with Crippen molar-refractivity contribution in [1.29, 1.82) is 0 Å². The highest BCUT2D eigenvalue weighted by molar-refractivity contribution is 14.0. The molecule has 0 aliphatic rings. The van der Waals surface area contributed by atoms with Crippen molar-refractivity contribution < 1.29 is 4.79 Å². The number of amides is 1. The van der Waals surface area contributed by atoms with E-state index in [1.807, 2.05) is 42.5 Å². The number of nitrogens with one attached hydrogen (secondary N) is 2. The van der Waals surface area contributed by atoms with Gasteiger partial charge in [0.15, 0.2) is 5.96 Å². The summed E-state index contributed by atoms with van der Waals surface area (Å²) in [5.74, 6) is 0.608.